The number of para-hydroxylation sites is 1. The first-order valence-electron chi connectivity index (χ1n) is 9.10. The molecule has 0 bridgehead atoms. The summed E-state index contributed by atoms with van der Waals surface area (Å²) in [5, 5.41) is 8.42. The van der Waals surface area contributed by atoms with Gasteiger partial charge in [0, 0.05) is 41.8 Å². The number of aryl methyl sites for hydroxylation is 3. The minimum Gasteiger partial charge on any atom is -0.356 e. The highest BCUT2D eigenvalue weighted by molar-refractivity contribution is 5.80. The zero-order chi connectivity index (χ0) is 18.8. The van der Waals surface area contributed by atoms with Crippen LogP contribution < -0.4 is 5.32 Å². The molecule has 0 aliphatic carbocycles. The molecule has 0 radical (unpaired) electrons. The van der Waals surface area contributed by atoms with Crippen LogP contribution in [0.4, 0.5) is 0 Å². The maximum atomic E-state index is 12.4. The molecule has 0 spiro atoms. The average Bonchev–Trinajstić information content (AvgIpc) is 3.29. The van der Waals surface area contributed by atoms with E-state index in [1.54, 1.807) is 4.52 Å². The molecule has 0 aliphatic rings. The van der Waals surface area contributed by atoms with Crippen molar-refractivity contribution in [1.29, 1.82) is 0 Å². The number of benzene rings is 1. The minimum absolute atomic E-state index is 0.000158. The largest absolute Gasteiger partial charge is 0.356 e. The second-order valence-electron chi connectivity index (χ2n) is 6.68. The Morgan fingerprint density at radius 1 is 1.19 bits per heavy atom. The second kappa shape index (κ2) is 7.19. The molecule has 4 aromatic rings. The molecule has 3 aromatic heterocycles. The van der Waals surface area contributed by atoms with E-state index in [1.165, 1.54) is 17.2 Å². The van der Waals surface area contributed by atoms with Gasteiger partial charge in [0.25, 0.3) is 5.78 Å². The van der Waals surface area contributed by atoms with Gasteiger partial charge in [0.05, 0.1) is 6.42 Å². The molecule has 1 N–H and O–H groups in total. The Morgan fingerprint density at radius 3 is 2.93 bits per heavy atom. The number of fused-ring (bicyclic) bond motifs is 2. The number of rotatable bonds is 6. The maximum absolute atomic E-state index is 12.4. The Morgan fingerprint density at radius 2 is 2.04 bits per heavy atom. The number of hydrogen-bond donors (Lipinski definition) is 1. The molecular formula is C20H22N6O. The van der Waals surface area contributed by atoms with Crippen molar-refractivity contribution < 1.29 is 4.79 Å². The van der Waals surface area contributed by atoms with Gasteiger partial charge < -0.3 is 9.88 Å². The van der Waals surface area contributed by atoms with E-state index in [4.69, 9.17) is 0 Å². The third-order valence-electron chi connectivity index (χ3n) is 4.90. The van der Waals surface area contributed by atoms with Crippen molar-refractivity contribution in [2.75, 3.05) is 6.54 Å². The molecule has 0 saturated heterocycles. The van der Waals surface area contributed by atoms with Gasteiger partial charge in [-0.25, -0.2) is 9.50 Å². The number of carbonyl (C=O) groups is 1. The fourth-order valence-corrected chi connectivity index (χ4v) is 3.45. The third-order valence-corrected chi connectivity index (χ3v) is 4.90. The Labute approximate surface area is 157 Å². The van der Waals surface area contributed by atoms with Gasteiger partial charge in [0.15, 0.2) is 0 Å². The van der Waals surface area contributed by atoms with Crippen LogP contribution in [0.1, 0.15) is 23.4 Å². The van der Waals surface area contributed by atoms with Crippen LogP contribution in [0.15, 0.2) is 42.9 Å². The summed E-state index contributed by atoms with van der Waals surface area (Å²) in [6.07, 6.45) is 4.75. The third kappa shape index (κ3) is 3.40. The lowest BCUT2D eigenvalue weighted by molar-refractivity contribution is -0.120. The van der Waals surface area contributed by atoms with Gasteiger partial charge in [-0.15, -0.1) is 0 Å². The molecule has 138 valence electrons. The molecule has 27 heavy (non-hydrogen) atoms. The molecule has 0 aliphatic heterocycles. The van der Waals surface area contributed by atoms with Crippen LogP contribution >= 0.6 is 0 Å². The summed E-state index contributed by atoms with van der Waals surface area (Å²) < 4.78 is 3.89. The van der Waals surface area contributed by atoms with Crippen LogP contribution in [0, 0.1) is 13.8 Å². The van der Waals surface area contributed by atoms with Gasteiger partial charge in [-0.05, 0) is 37.8 Å². The maximum Gasteiger partial charge on any atom is 0.252 e. The van der Waals surface area contributed by atoms with Gasteiger partial charge in [0.1, 0.15) is 6.33 Å². The van der Waals surface area contributed by atoms with E-state index in [2.05, 4.69) is 49.3 Å². The highest BCUT2D eigenvalue weighted by Crippen LogP contribution is 2.15. The molecule has 0 fully saturated rings. The fraction of sp³-hybridized carbons (Fsp3) is 0.300. The normalized spacial score (nSPS) is 11.3. The van der Waals surface area contributed by atoms with E-state index >= 15 is 0 Å². The number of aromatic nitrogens is 5. The average molecular weight is 362 g/mol. The van der Waals surface area contributed by atoms with E-state index in [0.717, 1.165) is 29.9 Å². The van der Waals surface area contributed by atoms with Gasteiger partial charge in [-0.1, -0.05) is 18.2 Å². The van der Waals surface area contributed by atoms with Crippen LogP contribution in [-0.2, 0) is 17.8 Å². The number of carbonyl (C=O) groups excluding carboxylic acids is 1. The van der Waals surface area contributed by atoms with Crippen LogP contribution in [0.2, 0.25) is 0 Å². The van der Waals surface area contributed by atoms with Crippen LogP contribution in [0.5, 0.6) is 0 Å². The molecule has 3 heterocycles. The monoisotopic (exact) mass is 362 g/mol. The predicted octanol–water partition coefficient (Wildman–Crippen LogP) is 2.44. The minimum atomic E-state index is -0.000158. The lowest BCUT2D eigenvalue weighted by Crippen LogP contribution is -2.27. The van der Waals surface area contributed by atoms with Crippen LogP contribution in [0.25, 0.3) is 16.7 Å². The van der Waals surface area contributed by atoms with E-state index in [9.17, 15) is 4.79 Å². The quantitative estimate of drug-likeness (QED) is 0.535. The van der Waals surface area contributed by atoms with E-state index in [-0.39, 0.29) is 5.91 Å². The predicted molar refractivity (Wildman–Crippen MR) is 104 cm³/mol. The molecule has 0 unspecified atom stereocenters. The Bertz CT molecular complexity index is 1110. The van der Waals surface area contributed by atoms with Gasteiger partial charge in [-0.2, -0.15) is 10.1 Å². The summed E-state index contributed by atoms with van der Waals surface area (Å²) in [5.74, 6) is 0.563. The number of amides is 1. The Kier molecular flexibility index (Phi) is 4.58. The second-order valence-corrected chi connectivity index (χ2v) is 6.68. The standard InChI is InChI=1S/C20H22N6O/c1-14-17(15(2)26-20(24-14)22-13-23-26)12-19(27)21-9-5-10-25-11-8-16-6-3-4-7-18(16)25/h3-4,6-8,11,13H,5,9-10,12H2,1-2H3,(H,21,27). The number of hydrogen-bond acceptors (Lipinski definition) is 4. The highest BCUT2D eigenvalue weighted by atomic mass is 16.1. The number of nitrogens with one attached hydrogen (secondary N) is 1. The molecule has 4 rings (SSSR count). The summed E-state index contributed by atoms with van der Waals surface area (Å²) in [6.45, 7) is 5.36. The lowest BCUT2D eigenvalue weighted by atomic mass is 10.1. The van der Waals surface area contributed by atoms with Crippen molar-refractivity contribution in [3.05, 3.63) is 59.8 Å². The summed E-state index contributed by atoms with van der Waals surface area (Å²) >= 11 is 0. The van der Waals surface area contributed by atoms with Crippen molar-refractivity contribution in [3.8, 4) is 0 Å². The molecule has 0 atom stereocenters. The fourth-order valence-electron chi connectivity index (χ4n) is 3.45. The first-order valence-corrected chi connectivity index (χ1v) is 9.10. The molecular weight excluding hydrogens is 340 g/mol. The zero-order valence-corrected chi connectivity index (χ0v) is 15.5. The van der Waals surface area contributed by atoms with Crippen LogP contribution in [0.3, 0.4) is 0 Å². The molecule has 7 heteroatoms. The summed E-state index contributed by atoms with van der Waals surface area (Å²) in [7, 11) is 0. The molecule has 7 nitrogen and oxygen atoms in total. The Balaban J connectivity index is 1.34. The first-order chi connectivity index (χ1) is 13.1. The van der Waals surface area contributed by atoms with Gasteiger partial charge in [0.2, 0.25) is 5.91 Å². The van der Waals surface area contributed by atoms with Crippen LogP contribution in [-0.4, -0.2) is 36.6 Å². The lowest BCUT2D eigenvalue weighted by Gasteiger charge is -2.11. The van der Waals surface area contributed by atoms with E-state index in [0.29, 0.717) is 18.7 Å². The van der Waals surface area contributed by atoms with Crippen molar-refractivity contribution in [2.24, 2.45) is 0 Å². The highest BCUT2D eigenvalue weighted by Gasteiger charge is 2.14. The first kappa shape index (κ1) is 17.2. The van der Waals surface area contributed by atoms with Gasteiger partial charge in [-0.3, -0.25) is 4.79 Å². The smallest absolute Gasteiger partial charge is 0.252 e. The Hall–Kier alpha value is -3.22. The molecule has 0 saturated carbocycles. The summed E-state index contributed by atoms with van der Waals surface area (Å²) in [4.78, 5) is 20.9. The SMILES string of the molecule is Cc1nc2ncnn2c(C)c1CC(=O)NCCCn1ccc2ccccc21. The van der Waals surface area contributed by atoms with E-state index in [1.807, 2.05) is 26.0 Å². The number of nitrogens with zero attached hydrogens (tertiary/aromatic N) is 5. The zero-order valence-electron chi connectivity index (χ0n) is 15.5. The van der Waals surface area contributed by atoms with E-state index < -0.39 is 0 Å². The molecule has 1 amide bonds. The molecule has 1 aromatic carbocycles. The summed E-state index contributed by atoms with van der Waals surface area (Å²) in [6, 6.07) is 10.4. The van der Waals surface area contributed by atoms with Gasteiger partial charge >= 0.3 is 0 Å². The summed E-state index contributed by atoms with van der Waals surface area (Å²) in [5.41, 5.74) is 3.86. The van der Waals surface area contributed by atoms with Crippen molar-refractivity contribution >= 4 is 22.6 Å². The van der Waals surface area contributed by atoms with Crippen molar-refractivity contribution in [1.82, 2.24) is 29.5 Å². The van der Waals surface area contributed by atoms with Crippen molar-refractivity contribution in [3.63, 3.8) is 0 Å². The van der Waals surface area contributed by atoms with Crippen molar-refractivity contribution in [2.45, 2.75) is 33.2 Å². The topological polar surface area (TPSA) is 77.1 Å².